The van der Waals surface area contributed by atoms with E-state index in [1.54, 1.807) is 0 Å². The van der Waals surface area contributed by atoms with Crippen LogP contribution in [0.2, 0.25) is 0 Å². The number of nitrogen functional groups attached to an aromatic ring is 1. The third-order valence-electron chi connectivity index (χ3n) is 2.87. The summed E-state index contributed by atoms with van der Waals surface area (Å²) >= 11 is 0. The zero-order valence-corrected chi connectivity index (χ0v) is 9.53. The lowest BCUT2D eigenvalue weighted by molar-refractivity contribution is -0.465. The number of benzene rings is 2. The first-order valence-electron chi connectivity index (χ1n) is 5.50. The number of anilines is 1. The van der Waals surface area contributed by atoms with Crippen LogP contribution in [0.4, 0.5) is 5.69 Å². The van der Waals surface area contributed by atoms with Crippen molar-refractivity contribution in [1.29, 1.82) is 0 Å². The third kappa shape index (κ3) is 1.65. The van der Waals surface area contributed by atoms with Crippen LogP contribution < -0.4 is 16.1 Å². The van der Waals surface area contributed by atoms with Gasteiger partial charge in [0.15, 0.2) is 0 Å². The van der Waals surface area contributed by atoms with Crippen molar-refractivity contribution in [1.82, 2.24) is 0 Å². The van der Waals surface area contributed by atoms with E-state index in [-0.39, 0.29) is 0 Å². The fraction of sp³-hybridized carbons (Fsp3) is 0.0714. The molecule has 0 aromatic heterocycles. The zero-order chi connectivity index (χ0) is 11.8. The highest BCUT2D eigenvalue weighted by Gasteiger charge is 2.07. The molecule has 0 fully saturated rings. The SMILES string of the molecule is C[NH+]=c1ccc2cc3ccc(N)cc3oc-2c1. The van der Waals surface area contributed by atoms with Crippen LogP contribution in [0.15, 0.2) is 46.9 Å². The van der Waals surface area contributed by atoms with Crippen molar-refractivity contribution in [2.24, 2.45) is 0 Å². The number of rotatable bonds is 0. The fourth-order valence-corrected chi connectivity index (χ4v) is 1.94. The zero-order valence-electron chi connectivity index (χ0n) is 9.53. The second kappa shape index (κ2) is 3.63. The molecule has 1 aromatic carbocycles. The summed E-state index contributed by atoms with van der Waals surface area (Å²) in [7, 11) is 1.89. The standard InChI is InChI=1S/C14H12N2O/c1-16-12-5-3-10-6-9-2-4-11(15)7-13(9)17-14(10)8-12/h2-8H,15H2,1H3/p+1. The van der Waals surface area contributed by atoms with Gasteiger partial charge in [-0.3, -0.25) is 0 Å². The van der Waals surface area contributed by atoms with Gasteiger partial charge in [-0.1, -0.05) is 0 Å². The van der Waals surface area contributed by atoms with E-state index in [1.807, 2.05) is 43.4 Å². The summed E-state index contributed by atoms with van der Waals surface area (Å²) in [4.78, 5) is 3.09. The second-order valence-corrected chi connectivity index (χ2v) is 4.05. The number of nitrogens with one attached hydrogen (secondary N) is 1. The molecule has 0 bridgehead atoms. The molecule has 2 aliphatic rings. The van der Waals surface area contributed by atoms with Crippen molar-refractivity contribution in [3.63, 3.8) is 0 Å². The van der Waals surface area contributed by atoms with Gasteiger partial charge < -0.3 is 10.2 Å². The molecule has 17 heavy (non-hydrogen) atoms. The van der Waals surface area contributed by atoms with Gasteiger partial charge in [-0.25, -0.2) is 4.99 Å². The van der Waals surface area contributed by atoms with Gasteiger partial charge >= 0.3 is 0 Å². The van der Waals surface area contributed by atoms with Crippen LogP contribution in [0.3, 0.4) is 0 Å². The van der Waals surface area contributed by atoms with Crippen molar-refractivity contribution >= 4 is 16.7 Å². The van der Waals surface area contributed by atoms with Gasteiger partial charge in [-0.15, -0.1) is 0 Å². The average molecular weight is 225 g/mol. The molecule has 84 valence electrons. The first kappa shape index (κ1) is 9.90. The van der Waals surface area contributed by atoms with Gasteiger partial charge in [-0.05, 0) is 24.3 Å². The third-order valence-corrected chi connectivity index (χ3v) is 2.87. The van der Waals surface area contributed by atoms with Crippen LogP contribution in [0.1, 0.15) is 0 Å². The molecule has 0 unspecified atom stereocenters. The Labute approximate surface area is 98.6 Å². The van der Waals surface area contributed by atoms with E-state index in [0.717, 1.165) is 27.7 Å². The number of nitrogens with two attached hydrogens (primary N) is 1. The highest BCUT2D eigenvalue weighted by Crippen LogP contribution is 2.27. The number of hydrogen-bond donors (Lipinski definition) is 2. The highest BCUT2D eigenvalue weighted by molar-refractivity contribution is 5.84. The van der Waals surface area contributed by atoms with Gasteiger partial charge in [0.1, 0.15) is 18.4 Å². The Hall–Kier alpha value is -2.29. The molecule has 0 radical (unpaired) electrons. The van der Waals surface area contributed by atoms with Crippen LogP contribution in [-0.4, -0.2) is 7.05 Å². The molecule has 0 atom stereocenters. The normalized spacial score (nSPS) is 12.4. The van der Waals surface area contributed by atoms with Crippen LogP contribution in [0.25, 0.3) is 22.3 Å². The van der Waals surface area contributed by atoms with E-state index in [4.69, 9.17) is 10.2 Å². The van der Waals surface area contributed by atoms with Gasteiger partial charge in [0.2, 0.25) is 5.36 Å². The molecule has 3 N–H and O–H groups in total. The van der Waals surface area contributed by atoms with Crippen molar-refractivity contribution in [2.75, 3.05) is 12.8 Å². The molecule has 3 rings (SSSR count). The fourth-order valence-electron chi connectivity index (χ4n) is 1.94. The van der Waals surface area contributed by atoms with Crippen molar-refractivity contribution in [3.8, 4) is 11.3 Å². The summed E-state index contributed by atoms with van der Waals surface area (Å²) in [6.07, 6.45) is 0. The van der Waals surface area contributed by atoms with E-state index in [9.17, 15) is 0 Å². The topological polar surface area (TPSA) is 53.1 Å². The molecule has 1 heterocycles. The minimum absolute atomic E-state index is 0.713. The maximum atomic E-state index is 5.85. The van der Waals surface area contributed by atoms with Crippen molar-refractivity contribution in [3.05, 3.63) is 47.8 Å². The molecule has 0 saturated heterocycles. The predicted molar refractivity (Wildman–Crippen MR) is 67.3 cm³/mol. The van der Waals surface area contributed by atoms with Crippen molar-refractivity contribution < 1.29 is 9.41 Å². The summed E-state index contributed by atoms with van der Waals surface area (Å²) in [6.45, 7) is 0. The Kier molecular flexibility index (Phi) is 2.11. The molecule has 1 aliphatic heterocycles. The van der Waals surface area contributed by atoms with E-state index in [1.165, 1.54) is 0 Å². The minimum Gasteiger partial charge on any atom is -0.456 e. The lowest BCUT2D eigenvalue weighted by atomic mass is 10.1. The van der Waals surface area contributed by atoms with E-state index in [0.29, 0.717) is 5.69 Å². The van der Waals surface area contributed by atoms with Crippen LogP contribution in [-0.2, 0) is 0 Å². The highest BCUT2D eigenvalue weighted by atomic mass is 16.3. The average Bonchev–Trinajstić information content (AvgIpc) is 2.35. The first-order valence-corrected chi connectivity index (χ1v) is 5.50. The number of hydrogen-bond acceptors (Lipinski definition) is 2. The summed E-state index contributed by atoms with van der Waals surface area (Å²) in [5, 5.41) is 2.09. The molecule has 0 spiro atoms. The summed E-state index contributed by atoms with van der Waals surface area (Å²) in [5.41, 5.74) is 8.36. The molecule has 3 heteroatoms. The van der Waals surface area contributed by atoms with Crippen LogP contribution in [0.5, 0.6) is 0 Å². The number of fused-ring (bicyclic) bond motifs is 2. The Morgan fingerprint density at radius 1 is 1.06 bits per heavy atom. The summed E-state index contributed by atoms with van der Waals surface area (Å²) < 4.78 is 5.85. The Balaban J connectivity index is 2.41. The molecular weight excluding hydrogens is 212 g/mol. The predicted octanol–water partition coefficient (Wildman–Crippen LogP) is 0.731. The largest absolute Gasteiger partial charge is 0.456 e. The van der Waals surface area contributed by atoms with Gasteiger partial charge in [-0.2, -0.15) is 0 Å². The second-order valence-electron chi connectivity index (χ2n) is 4.05. The molecular formula is C14H13N2O+. The summed E-state index contributed by atoms with van der Waals surface area (Å²) in [6, 6.07) is 13.9. The maximum absolute atomic E-state index is 5.85. The van der Waals surface area contributed by atoms with Gasteiger partial charge in [0, 0.05) is 28.8 Å². The Morgan fingerprint density at radius 3 is 2.76 bits per heavy atom. The van der Waals surface area contributed by atoms with E-state index in [2.05, 4.69) is 11.1 Å². The van der Waals surface area contributed by atoms with Crippen LogP contribution in [0, 0.1) is 0 Å². The smallest absolute Gasteiger partial charge is 0.201 e. The molecule has 1 aromatic rings. The lowest BCUT2D eigenvalue weighted by Crippen LogP contribution is -2.71. The van der Waals surface area contributed by atoms with Crippen molar-refractivity contribution in [2.45, 2.75) is 0 Å². The first-order chi connectivity index (χ1) is 8.26. The lowest BCUT2D eigenvalue weighted by Gasteiger charge is -2.06. The quantitative estimate of drug-likeness (QED) is 0.438. The molecule has 0 amide bonds. The minimum atomic E-state index is 0.713. The monoisotopic (exact) mass is 225 g/mol. The molecule has 3 nitrogen and oxygen atoms in total. The summed E-state index contributed by atoms with van der Waals surface area (Å²) in [5.74, 6) is 0.856. The Morgan fingerprint density at radius 2 is 1.94 bits per heavy atom. The van der Waals surface area contributed by atoms with E-state index >= 15 is 0 Å². The van der Waals surface area contributed by atoms with Gasteiger partial charge in [0.05, 0.1) is 6.07 Å². The molecule has 0 saturated carbocycles. The van der Waals surface area contributed by atoms with E-state index < -0.39 is 0 Å². The van der Waals surface area contributed by atoms with Gasteiger partial charge in [0.25, 0.3) is 0 Å². The molecule has 1 aliphatic carbocycles. The maximum Gasteiger partial charge on any atom is 0.201 e. The Bertz CT molecular complexity index is 728. The van der Waals surface area contributed by atoms with Crippen LogP contribution >= 0.6 is 0 Å².